The highest BCUT2D eigenvalue weighted by Crippen LogP contribution is 2.48. The van der Waals surface area contributed by atoms with Gasteiger partial charge in [-0.15, -0.1) is 0 Å². The quantitative estimate of drug-likeness (QED) is 0.180. The summed E-state index contributed by atoms with van der Waals surface area (Å²) in [5, 5.41) is 0. The van der Waals surface area contributed by atoms with E-state index in [-0.39, 0.29) is 58.6 Å². The van der Waals surface area contributed by atoms with Crippen LogP contribution >= 0.6 is 0 Å². The lowest BCUT2D eigenvalue weighted by atomic mass is 10.0. The first kappa shape index (κ1) is 31.4. The second kappa shape index (κ2) is 13.6. The van der Waals surface area contributed by atoms with Crippen molar-refractivity contribution in [3.8, 4) is 22.6 Å². The minimum absolute atomic E-state index is 0.0530. The molecule has 2 aromatic carbocycles. The fraction of sp³-hybridized carbons (Fsp3) is 0.250. The van der Waals surface area contributed by atoms with Gasteiger partial charge in [0, 0.05) is 14.1 Å². The molecule has 0 atom stereocenters. The number of rotatable bonds is 11. The summed E-state index contributed by atoms with van der Waals surface area (Å²) in [7, 11) is 7.81. The topological polar surface area (TPSA) is 134 Å². The molecular formula is C32H32N2O10. The molecule has 4 rings (SSSR count). The second-order valence-corrected chi connectivity index (χ2v) is 9.44. The maximum absolute atomic E-state index is 13.8. The minimum Gasteiger partial charge on any atom is -0.494 e. The maximum atomic E-state index is 13.8. The van der Waals surface area contributed by atoms with Crippen LogP contribution in [0.4, 0.5) is 0 Å². The van der Waals surface area contributed by atoms with Gasteiger partial charge in [-0.05, 0) is 11.1 Å². The van der Waals surface area contributed by atoms with Crippen molar-refractivity contribution in [3.05, 3.63) is 94.6 Å². The summed E-state index contributed by atoms with van der Waals surface area (Å²) in [6, 6.07) is 18.0. The number of esters is 4. The van der Waals surface area contributed by atoms with Gasteiger partial charge in [0.15, 0.2) is 22.9 Å². The lowest BCUT2D eigenvalue weighted by Crippen LogP contribution is -2.16. The van der Waals surface area contributed by atoms with Gasteiger partial charge >= 0.3 is 23.9 Å². The predicted molar refractivity (Wildman–Crippen MR) is 157 cm³/mol. The number of carbonyl (C=O) groups is 4. The first-order chi connectivity index (χ1) is 21.2. The Morgan fingerprint density at radius 2 is 0.864 bits per heavy atom. The van der Waals surface area contributed by atoms with Crippen molar-refractivity contribution in [1.82, 2.24) is 9.13 Å². The van der Waals surface area contributed by atoms with E-state index >= 15 is 0 Å². The Bertz CT molecular complexity index is 1560. The van der Waals surface area contributed by atoms with Crippen LogP contribution in [0.15, 0.2) is 60.7 Å². The van der Waals surface area contributed by atoms with Crippen LogP contribution in [0, 0.1) is 0 Å². The summed E-state index contributed by atoms with van der Waals surface area (Å²) in [5.41, 5.74) is 0.688. The molecular weight excluding hydrogens is 572 g/mol. The zero-order valence-corrected chi connectivity index (χ0v) is 25.2. The highest BCUT2D eigenvalue weighted by Gasteiger charge is 2.40. The highest BCUT2D eigenvalue weighted by atomic mass is 16.5. The van der Waals surface area contributed by atoms with Crippen LogP contribution in [-0.2, 0) is 46.3 Å². The third-order valence-electron chi connectivity index (χ3n) is 6.93. The first-order valence-electron chi connectivity index (χ1n) is 13.3. The third-order valence-corrected chi connectivity index (χ3v) is 6.93. The van der Waals surface area contributed by atoms with Crippen LogP contribution in [0.5, 0.6) is 11.5 Å². The Kier molecular flexibility index (Phi) is 9.74. The van der Waals surface area contributed by atoms with Crippen molar-refractivity contribution in [2.75, 3.05) is 28.4 Å². The zero-order valence-electron chi connectivity index (χ0n) is 25.2. The van der Waals surface area contributed by atoms with Gasteiger partial charge in [-0.1, -0.05) is 60.7 Å². The number of carbonyl (C=O) groups excluding carboxylic acids is 4. The van der Waals surface area contributed by atoms with E-state index in [1.54, 1.807) is 48.5 Å². The van der Waals surface area contributed by atoms with Crippen LogP contribution in [0.1, 0.15) is 53.1 Å². The molecule has 0 aliphatic heterocycles. The van der Waals surface area contributed by atoms with Crippen LogP contribution in [0.2, 0.25) is 0 Å². The molecule has 4 aromatic rings. The van der Waals surface area contributed by atoms with E-state index in [0.717, 1.165) is 0 Å². The molecule has 0 amide bonds. The van der Waals surface area contributed by atoms with Crippen LogP contribution in [0.3, 0.4) is 0 Å². The van der Waals surface area contributed by atoms with E-state index in [0.29, 0.717) is 11.1 Å². The molecule has 0 saturated carbocycles. The van der Waals surface area contributed by atoms with Gasteiger partial charge in [-0.3, -0.25) is 0 Å². The van der Waals surface area contributed by atoms with E-state index in [1.165, 1.54) is 51.7 Å². The van der Waals surface area contributed by atoms with Gasteiger partial charge in [0.25, 0.3) is 0 Å². The van der Waals surface area contributed by atoms with Gasteiger partial charge in [-0.25, -0.2) is 19.2 Å². The highest BCUT2D eigenvalue weighted by molar-refractivity contribution is 6.11. The average Bonchev–Trinajstić information content (AvgIpc) is 3.52. The molecule has 230 valence electrons. The zero-order chi connectivity index (χ0) is 32.0. The molecule has 0 fully saturated rings. The van der Waals surface area contributed by atoms with Crippen molar-refractivity contribution in [3.63, 3.8) is 0 Å². The van der Waals surface area contributed by atoms with Crippen molar-refractivity contribution >= 4 is 23.9 Å². The lowest BCUT2D eigenvalue weighted by molar-refractivity contribution is 0.0448. The molecule has 0 unspecified atom stereocenters. The Labute approximate surface area is 253 Å². The number of benzene rings is 2. The maximum Gasteiger partial charge on any atom is 0.358 e. The number of ether oxygens (including phenoxy) is 6. The molecule has 2 aromatic heterocycles. The molecule has 12 heteroatoms. The van der Waals surface area contributed by atoms with E-state index in [4.69, 9.17) is 28.4 Å². The molecule has 0 spiro atoms. The fourth-order valence-corrected chi connectivity index (χ4v) is 4.89. The van der Waals surface area contributed by atoms with Gasteiger partial charge in [0.2, 0.25) is 0 Å². The number of aromatic nitrogens is 2. The largest absolute Gasteiger partial charge is 0.494 e. The van der Waals surface area contributed by atoms with Gasteiger partial charge in [0.1, 0.15) is 24.6 Å². The monoisotopic (exact) mass is 604 g/mol. The molecule has 12 nitrogen and oxygen atoms in total. The minimum atomic E-state index is -0.853. The predicted octanol–water partition coefficient (Wildman–Crippen LogP) is 4.34. The second-order valence-electron chi connectivity index (χ2n) is 9.44. The molecule has 44 heavy (non-hydrogen) atoms. The van der Waals surface area contributed by atoms with E-state index < -0.39 is 23.9 Å². The van der Waals surface area contributed by atoms with Gasteiger partial charge < -0.3 is 37.6 Å². The van der Waals surface area contributed by atoms with E-state index in [9.17, 15) is 19.2 Å². The molecule has 0 bridgehead atoms. The number of methoxy groups -OCH3 is 4. The van der Waals surface area contributed by atoms with Crippen LogP contribution < -0.4 is 9.47 Å². The number of hydrogen-bond donors (Lipinski definition) is 0. The van der Waals surface area contributed by atoms with Crippen LogP contribution in [0.25, 0.3) is 11.1 Å². The standard InChI is InChI=1S/C32H32N2O10/c1-33-23(31(37)43-17-19-13-9-7-10-14-19)21(27(39-3)25(33)29(35)41-5)22-24(32(38)44-18-20-15-11-8-12-16-20)34(2)26(28(22)40-4)30(36)42-6/h7-16H,17-18H2,1-6H3. The Balaban J connectivity index is 1.99. The summed E-state index contributed by atoms with van der Waals surface area (Å²) < 4.78 is 35.1. The molecule has 0 radical (unpaired) electrons. The smallest absolute Gasteiger partial charge is 0.358 e. The average molecular weight is 605 g/mol. The first-order valence-corrected chi connectivity index (χ1v) is 13.3. The van der Waals surface area contributed by atoms with Crippen molar-refractivity contribution in [2.45, 2.75) is 13.2 Å². The Morgan fingerprint density at radius 1 is 0.523 bits per heavy atom. The SMILES string of the molecule is COC(=O)c1c(OC)c(-c2c(OC)c(C(=O)OC)n(C)c2C(=O)OCc2ccccc2)c(C(=O)OCc2ccccc2)n1C. The fourth-order valence-electron chi connectivity index (χ4n) is 4.89. The van der Waals surface area contributed by atoms with E-state index in [1.807, 2.05) is 12.1 Å². The molecule has 0 N–H and O–H groups in total. The summed E-state index contributed by atoms with van der Waals surface area (Å²) in [5.74, 6) is -3.61. The van der Waals surface area contributed by atoms with Crippen molar-refractivity contribution < 1.29 is 47.6 Å². The third kappa shape index (κ3) is 5.87. The molecule has 0 aliphatic carbocycles. The number of hydrogen-bond acceptors (Lipinski definition) is 10. The summed E-state index contributed by atoms with van der Waals surface area (Å²) in [6.45, 7) is -0.184. The molecule has 0 aliphatic rings. The van der Waals surface area contributed by atoms with Crippen molar-refractivity contribution in [1.29, 1.82) is 0 Å². The van der Waals surface area contributed by atoms with Crippen molar-refractivity contribution in [2.24, 2.45) is 14.1 Å². The normalized spacial score (nSPS) is 10.6. The van der Waals surface area contributed by atoms with Gasteiger partial charge in [0.05, 0.1) is 39.6 Å². The lowest BCUT2D eigenvalue weighted by Gasteiger charge is -2.12. The van der Waals surface area contributed by atoms with Gasteiger partial charge in [-0.2, -0.15) is 0 Å². The molecule has 0 saturated heterocycles. The summed E-state index contributed by atoms with van der Waals surface area (Å²) in [4.78, 5) is 53.6. The summed E-state index contributed by atoms with van der Waals surface area (Å²) in [6.07, 6.45) is 0. The number of nitrogens with zero attached hydrogens (tertiary/aromatic N) is 2. The summed E-state index contributed by atoms with van der Waals surface area (Å²) >= 11 is 0. The van der Waals surface area contributed by atoms with Crippen LogP contribution in [-0.4, -0.2) is 61.5 Å². The molecule has 2 heterocycles. The Hall–Kier alpha value is -5.52. The Morgan fingerprint density at radius 3 is 1.16 bits per heavy atom. The van der Waals surface area contributed by atoms with E-state index in [2.05, 4.69) is 0 Å².